The van der Waals surface area contributed by atoms with Crippen LogP contribution in [-0.4, -0.2) is 12.2 Å². The molecule has 0 heterocycles. The summed E-state index contributed by atoms with van der Waals surface area (Å²) in [7, 11) is 0. The number of ether oxygens (including phenoxy) is 1. The topological polar surface area (TPSA) is 9.23 Å². The summed E-state index contributed by atoms with van der Waals surface area (Å²) in [6.45, 7) is 14.1. The lowest BCUT2D eigenvalue weighted by atomic mass is 9.96. The molecule has 0 saturated carbocycles. The van der Waals surface area contributed by atoms with Gasteiger partial charge in [0.25, 0.3) is 0 Å². The van der Waals surface area contributed by atoms with Gasteiger partial charge in [-0.3, -0.25) is 0 Å². The Balaban J connectivity index is 3.71. The van der Waals surface area contributed by atoms with E-state index in [2.05, 4.69) is 41.5 Å². The van der Waals surface area contributed by atoms with Crippen LogP contribution in [-0.2, 0) is 4.74 Å². The van der Waals surface area contributed by atoms with Crippen LogP contribution in [0.25, 0.3) is 0 Å². The van der Waals surface area contributed by atoms with Crippen LogP contribution in [0.5, 0.6) is 0 Å². The van der Waals surface area contributed by atoms with Gasteiger partial charge in [-0.2, -0.15) is 0 Å². The molecule has 0 N–H and O–H groups in total. The molecule has 0 bridgehead atoms. The second kappa shape index (κ2) is 4.86. The van der Waals surface area contributed by atoms with Crippen molar-refractivity contribution in [3.05, 3.63) is 0 Å². The molecule has 0 aromatic rings. The Hall–Kier alpha value is -0.0400. The van der Waals surface area contributed by atoms with E-state index in [-0.39, 0.29) is 5.60 Å². The van der Waals surface area contributed by atoms with Crippen molar-refractivity contribution in [3.63, 3.8) is 0 Å². The molecule has 0 aliphatic rings. The van der Waals surface area contributed by atoms with Crippen molar-refractivity contribution in [2.24, 2.45) is 11.8 Å². The van der Waals surface area contributed by atoms with E-state index in [0.29, 0.717) is 11.8 Å². The second-order valence-electron chi connectivity index (χ2n) is 5.06. The maximum absolute atomic E-state index is 5.80. The Bertz CT molecular complexity index is 114. The summed E-state index contributed by atoms with van der Waals surface area (Å²) in [5.41, 5.74) is 0.0540. The number of rotatable bonds is 5. The molecule has 0 unspecified atom stereocenters. The van der Waals surface area contributed by atoms with Crippen molar-refractivity contribution in [1.29, 1.82) is 0 Å². The predicted molar refractivity (Wildman–Crippen MR) is 54.3 cm³/mol. The summed E-state index contributed by atoms with van der Waals surface area (Å²) in [5, 5.41) is 0. The first-order valence-electron chi connectivity index (χ1n) is 4.97. The van der Waals surface area contributed by atoms with Gasteiger partial charge in [0.05, 0.1) is 5.60 Å². The van der Waals surface area contributed by atoms with Gasteiger partial charge in [-0.25, -0.2) is 0 Å². The van der Waals surface area contributed by atoms with Crippen molar-refractivity contribution >= 4 is 0 Å². The number of hydrogen-bond acceptors (Lipinski definition) is 1. The van der Waals surface area contributed by atoms with Crippen LogP contribution in [0, 0.1) is 11.8 Å². The molecule has 0 radical (unpaired) electrons. The molecular formula is C11H24O. The highest BCUT2D eigenvalue weighted by Crippen LogP contribution is 2.20. The lowest BCUT2D eigenvalue weighted by Gasteiger charge is -2.28. The Morgan fingerprint density at radius 2 is 1.50 bits per heavy atom. The third-order valence-electron chi connectivity index (χ3n) is 1.71. The highest BCUT2D eigenvalue weighted by atomic mass is 16.5. The monoisotopic (exact) mass is 172 g/mol. The Labute approximate surface area is 77.5 Å². The van der Waals surface area contributed by atoms with E-state index in [9.17, 15) is 0 Å². The van der Waals surface area contributed by atoms with Gasteiger partial charge in [0, 0.05) is 6.61 Å². The molecule has 74 valence electrons. The molecule has 0 amide bonds. The largest absolute Gasteiger partial charge is 0.375 e. The van der Waals surface area contributed by atoms with Crippen molar-refractivity contribution in [3.8, 4) is 0 Å². The lowest BCUT2D eigenvalue weighted by Crippen LogP contribution is -2.28. The molecule has 0 fully saturated rings. The van der Waals surface area contributed by atoms with Crippen molar-refractivity contribution in [1.82, 2.24) is 0 Å². The minimum absolute atomic E-state index is 0.0540. The first kappa shape index (κ1) is 12.0. The zero-order valence-corrected chi connectivity index (χ0v) is 9.48. The van der Waals surface area contributed by atoms with Crippen LogP contribution in [0.4, 0.5) is 0 Å². The van der Waals surface area contributed by atoms with E-state index in [0.717, 1.165) is 13.0 Å². The molecule has 1 heteroatoms. The third kappa shape index (κ3) is 6.66. The maximum Gasteiger partial charge on any atom is 0.0629 e. The van der Waals surface area contributed by atoms with Gasteiger partial charge in [-0.05, 0) is 32.1 Å². The molecule has 0 spiro atoms. The summed E-state index contributed by atoms with van der Waals surface area (Å²) < 4.78 is 5.80. The summed E-state index contributed by atoms with van der Waals surface area (Å²) >= 11 is 0. The normalized spacial score (nSPS) is 13.0. The van der Waals surface area contributed by atoms with Gasteiger partial charge in [0.2, 0.25) is 0 Å². The van der Waals surface area contributed by atoms with Crippen LogP contribution < -0.4 is 0 Å². The molecular weight excluding hydrogens is 148 g/mol. The second-order valence-corrected chi connectivity index (χ2v) is 5.06. The van der Waals surface area contributed by atoms with E-state index in [1.54, 1.807) is 0 Å². The fourth-order valence-electron chi connectivity index (χ4n) is 1.43. The fourth-order valence-corrected chi connectivity index (χ4v) is 1.43. The standard InChI is InChI=1S/C11H24O/c1-9(2)7-11(5,6)12-8-10(3)4/h9-10H,7-8H2,1-6H3. The summed E-state index contributed by atoms with van der Waals surface area (Å²) in [6.07, 6.45) is 1.14. The zero-order chi connectivity index (χ0) is 9.78. The highest BCUT2D eigenvalue weighted by molar-refractivity contribution is 4.70. The van der Waals surface area contributed by atoms with Crippen molar-refractivity contribution < 1.29 is 4.74 Å². The first-order chi connectivity index (χ1) is 5.33. The summed E-state index contributed by atoms with van der Waals surface area (Å²) in [5.74, 6) is 1.35. The molecule has 0 atom stereocenters. The van der Waals surface area contributed by atoms with Gasteiger partial charge in [-0.1, -0.05) is 27.7 Å². The van der Waals surface area contributed by atoms with Crippen LogP contribution in [0.15, 0.2) is 0 Å². The minimum atomic E-state index is 0.0540. The van der Waals surface area contributed by atoms with Crippen LogP contribution in [0.3, 0.4) is 0 Å². The lowest BCUT2D eigenvalue weighted by molar-refractivity contribution is -0.0431. The van der Waals surface area contributed by atoms with E-state index < -0.39 is 0 Å². The predicted octanol–water partition coefficient (Wildman–Crippen LogP) is 3.48. The molecule has 1 nitrogen and oxygen atoms in total. The maximum atomic E-state index is 5.80. The summed E-state index contributed by atoms with van der Waals surface area (Å²) in [4.78, 5) is 0. The molecule has 0 aromatic carbocycles. The molecule has 0 saturated heterocycles. The van der Waals surface area contributed by atoms with Gasteiger partial charge in [-0.15, -0.1) is 0 Å². The van der Waals surface area contributed by atoms with E-state index in [1.165, 1.54) is 0 Å². The Morgan fingerprint density at radius 3 is 1.83 bits per heavy atom. The van der Waals surface area contributed by atoms with Crippen molar-refractivity contribution in [2.75, 3.05) is 6.61 Å². The van der Waals surface area contributed by atoms with Gasteiger partial charge >= 0.3 is 0 Å². The third-order valence-corrected chi connectivity index (χ3v) is 1.71. The number of hydrogen-bond donors (Lipinski definition) is 0. The molecule has 0 aliphatic carbocycles. The van der Waals surface area contributed by atoms with Gasteiger partial charge in [0.15, 0.2) is 0 Å². The first-order valence-corrected chi connectivity index (χ1v) is 4.97. The quantitative estimate of drug-likeness (QED) is 0.617. The van der Waals surface area contributed by atoms with Gasteiger partial charge in [0.1, 0.15) is 0 Å². The van der Waals surface area contributed by atoms with E-state index >= 15 is 0 Å². The summed E-state index contributed by atoms with van der Waals surface area (Å²) in [6, 6.07) is 0. The Kier molecular flexibility index (Phi) is 4.84. The highest BCUT2D eigenvalue weighted by Gasteiger charge is 2.19. The molecule has 0 aliphatic heterocycles. The molecule has 0 rings (SSSR count). The molecule has 12 heavy (non-hydrogen) atoms. The van der Waals surface area contributed by atoms with Gasteiger partial charge < -0.3 is 4.74 Å². The average molecular weight is 172 g/mol. The Morgan fingerprint density at radius 1 is 1.00 bits per heavy atom. The van der Waals surface area contributed by atoms with Crippen LogP contribution in [0.1, 0.15) is 48.0 Å². The average Bonchev–Trinajstić information content (AvgIpc) is 1.81. The van der Waals surface area contributed by atoms with Crippen LogP contribution >= 0.6 is 0 Å². The zero-order valence-electron chi connectivity index (χ0n) is 9.48. The van der Waals surface area contributed by atoms with Crippen molar-refractivity contribution in [2.45, 2.75) is 53.6 Å². The van der Waals surface area contributed by atoms with E-state index in [4.69, 9.17) is 4.74 Å². The smallest absolute Gasteiger partial charge is 0.0629 e. The fraction of sp³-hybridized carbons (Fsp3) is 1.00. The van der Waals surface area contributed by atoms with Crippen LogP contribution in [0.2, 0.25) is 0 Å². The molecule has 0 aromatic heterocycles. The SMILES string of the molecule is CC(C)COC(C)(C)CC(C)C. The minimum Gasteiger partial charge on any atom is -0.375 e. The van der Waals surface area contributed by atoms with E-state index in [1.807, 2.05) is 0 Å².